The van der Waals surface area contributed by atoms with Gasteiger partial charge in [0.1, 0.15) is 11.6 Å². The second-order valence-corrected chi connectivity index (χ2v) is 6.67. The Morgan fingerprint density at radius 1 is 0.793 bits per heavy atom. The van der Waals surface area contributed by atoms with Gasteiger partial charge in [-0.05, 0) is 48.2 Å². The number of nitrogens with two attached hydrogens (primary N) is 2. The van der Waals surface area contributed by atoms with Crippen LogP contribution in [0.3, 0.4) is 0 Å². The molecular weight excluding hydrogens is 565 g/mol. The molecule has 0 bridgehead atoms. The Hall–Kier alpha value is -2.15. The zero-order chi connectivity index (χ0) is 20.9. The van der Waals surface area contributed by atoms with E-state index in [-0.39, 0.29) is 45.5 Å². The third-order valence-corrected chi connectivity index (χ3v) is 4.89. The van der Waals surface area contributed by atoms with E-state index in [1.54, 1.807) is 24.3 Å². The van der Waals surface area contributed by atoms with Gasteiger partial charge in [0, 0.05) is 17.5 Å². The molecular formula is C20H20F2N2O4Pt. The third kappa shape index (κ3) is 5.92. The van der Waals surface area contributed by atoms with Crippen molar-refractivity contribution in [1.29, 1.82) is 0 Å². The minimum absolute atomic E-state index is 0. The Bertz CT molecular complexity index is 762. The topological polar surface area (TPSA) is 132 Å². The van der Waals surface area contributed by atoms with Gasteiger partial charge < -0.3 is 31.3 Å². The normalized spacial score (nSPS) is 16.1. The van der Waals surface area contributed by atoms with Crippen molar-refractivity contribution >= 4 is 11.9 Å². The average Bonchev–Trinajstić information content (AvgIpc) is 2.60. The number of carboxylic acids is 2. The van der Waals surface area contributed by atoms with Crippen LogP contribution in [0.5, 0.6) is 0 Å². The van der Waals surface area contributed by atoms with E-state index in [2.05, 4.69) is 0 Å². The van der Waals surface area contributed by atoms with Gasteiger partial charge in [0.2, 0.25) is 0 Å². The van der Waals surface area contributed by atoms with Crippen molar-refractivity contribution in [2.24, 2.45) is 16.9 Å². The van der Waals surface area contributed by atoms with Gasteiger partial charge in [0.15, 0.2) is 0 Å². The van der Waals surface area contributed by atoms with Crippen LogP contribution in [0.25, 0.3) is 0 Å². The predicted molar refractivity (Wildman–Crippen MR) is 93.0 cm³/mol. The second kappa shape index (κ2) is 10.6. The zero-order valence-electron chi connectivity index (χ0n) is 15.3. The van der Waals surface area contributed by atoms with Crippen molar-refractivity contribution in [2.45, 2.75) is 31.3 Å². The van der Waals surface area contributed by atoms with Crippen LogP contribution in [0.2, 0.25) is 0 Å². The smallest absolute Gasteiger partial charge is 0.549 e. The SMILES string of the molecule is NC(c1ccc(F)cc1)C(N)c1ccc(F)cc1.O=C([O-])C1(C(=O)[O-])CCC1.[Pt+2]. The molecule has 0 aliphatic heterocycles. The maximum Gasteiger partial charge on any atom is 2.00 e. The molecule has 2 unspecified atom stereocenters. The fraction of sp³-hybridized carbons (Fsp3) is 0.300. The molecule has 0 amide bonds. The Kier molecular flexibility index (Phi) is 9.07. The molecule has 3 rings (SSSR count). The maximum atomic E-state index is 12.8. The van der Waals surface area contributed by atoms with E-state index in [9.17, 15) is 28.6 Å². The summed E-state index contributed by atoms with van der Waals surface area (Å²) < 4.78 is 25.6. The fourth-order valence-corrected chi connectivity index (χ4v) is 2.81. The van der Waals surface area contributed by atoms with Crippen molar-refractivity contribution in [3.8, 4) is 0 Å². The molecule has 1 aliphatic rings. The van der Waals surface area contributed by atoms with Crippen molar-refractivity contribution in [3.05, 3.63) is 71.3 Å². The van der Waals surface area contributed by atoms with Gasteiger partial charge >= 0.3 is 21.1 Å². The van der Waals surface area contributed by atoms with E-state index in [1.165, 1.54) is 24.3 Å². The van der Waals surface area contributed by atoms with E-state index in [1.807, 2.05) is 0 Å². The van der Waals surface area contributed by atoms with Crippen molar-refractivity contribution in [1.82, 2.24) is 0 Å². The number of halogens is 2. The maximum absolute atomic E-state index is 12.8. The van der Waals surface area contributed by atoms with Gasteiger partial charge in [-0.15, -0.1) is 0 Å². The number of rotatable bonds is 5. The van der Waals surface area contributed by atoms with Crippen molar-refractivity contribution in [3.63, 3.8) is 0 Å². The molecule has 9 heteroatoms. The summed E-state index contributed by atoms with van der Waals surface area (Å²) >= 11 is 0. The van der Waals surface area contributed by atoms with E-state index >= 15 is 0 Å². The van der Waals surface area contributed by atoms with E-state index < -0.39 is 29.4 Å². The molecule has 0 spiro atoms. The number of carbonyl (C=O) groups excluding carboxylic acids is 2. The molecule has 6 nitrogen and oxygen atoms in total. The number of benzene rings is 2. The van der Waals surface area contributed by atoms with E-state index in [4.69, 9.17) is 11.5 Å². The average molecular weight is 585 g/mol. The van der Waals surface area contributed by atoms with Gasteiger partial charge in [0.25, 0.3) is 0 Å². The molecule has 0 radical (unpaired) electrons. The first-order valence-electron chi connectivity index (χ1n) is 8.62. The summed E-state index contributed by atoms with van der Waals surface area (Å²) in [6, 6.07) is 10.8. The van der Waals surface area contributed by atoms with Crippen molar-refractivity contribution in [2.75, 3.05) is 0 Å². The standard InChI is InChI=1S/C14H14F2N2.C6H8O4.Pt/c15-11-5-1-9(2-6-11)13(17)14(18)10-3-7-12(16)8-4-10;7-4(8)6(5(9)10)2-1-3-6;/h1-8,13-14H,17-18H2;1-3H2,(H,7,8)(H,9,10);/q;;+2/p-2. The van der Waals surface area contributed by atoms with Crippen LogP contribution < -0.4 is 21.7 Å². The minimum Gasteiger partial charge on any atom is -0.549 e. The van der Waals surface area contributed by atoms with Gasteiger partial charge in [-0.1, -0.05) is 30.7 Å². The summed E-state index contributed by atoms with van der Waals surface area (Å²) in [5.74, 6) is -3.67. The Balaban J connectivity index is 0.000000327. The van der Waals surface area contributed by atoms with Crippen LogP contribution in [0, 0.1) is 17.0 Å². The van der Waals surface area contributed by atoms with Crippen LogP contribution in [0.1, 0.15) is 42.5 Å². The number of carboxylic acid groups (broad SMARTS) is 2. The van der Waals surface area contributed by atoms with Gasteiger partial charge in [-0.2, -0.15) is 0 Å². The summed E-state index contributed by atoms with van der Waals surface area (Å²) in [6.07, 6.45) is 0.928. The van der Waals surface area contributed by atoms with Crippen LogP contribution in [-0.4, -0.2) is 11.9 Å². The summed E-state index contributed by atoms with van der Waals surface area (Å²) in [6.45, 7) is 0. The Morgan fingerprint density at radius 2 is 1.10 bits per heavy atom. The summed E-state index contributed by atoms with van der Waals surface area (Å²) in [4.78, 5) is 20.4. The number of carbonyl (C=O) groups is 2. The van der Waals surface area contributed by atoms with Gasteiger partial charge in [-0.25, -0.2) is 8.78 Å². The molecule has 158 valence electrons. The molecule has 0 aromatic heterocycles. The quantitative estimate of drug-likeness (QED) is 0.486. The predicted octanol–water partition coefficient (Wildman–Crippen LogP) is 0.319. The molecule has 0 saturated heterocycles. The summed E-state index contributed by atoms with van der Waals surface area (Å²) in [5.41, 5.74) is 11.9. The number of aliphatic carboxylic acids is 2. The minimum atomic E-state index is -1.67. The van der Waals surface area contributed by atoms with Crippen LogP contribution in [-0.2, 0) is 30.7 Å². The molecule has 4 N–H and O–H groups in total. The molecule has 2 aromatic carbocycles. The summed E-state index contributed by atoms with van der Waals surface area (Å²) in [5, 5.41) is 20.4. The molecule has 0 heterocycles. The first kappa shape index (κ1) is 24.9. The van der Waals surface area contributed by atoms with Gasteiger partial charge in [-0.3, -0.25) is 0 Å². The van der Waals surface area contributed by atoms with Gasteiger partial charge in [0.05, 0.1) is 11.9 Å². The number of hydrogen-bond donors (Lipinski definition) is 2. The first-order chi connectivity index (χ1) is 13.2. The van der Waals surface area contributed by atoms with E-state index in [0.29, 0.717) is 6.42 Å². The molecule has 2 atom stereocenters. The monoisotopic (exact) mass is 585 g/mol. The molecule has 1 fully saturated rings. The molecule has 29 heavy (non-hydrogen) atoms. The fourth-order valence-electron chi connectivity index (χ4n) is 2.81. The third-order valence-electron chi connectivity index (χ3n) is 4.89. The van der Waals surface area contributed by atoms with Crippen molar-refractivity contribution < 1.29 is 49.6 Å². The van der Waals surface area contributed by atoms with E-state index in [0.717, 1.165) is 11.1 Å². The largest absolute Gasteiger partial charge is 2.00 e. The Morgan fingerprint density at radius 3 is 1.28 bits per heavy atom. The van der Waals surface area contributed by atoms with Crippen LogP contribution in [0.4, 0.5) is 8.78 Å². The van der Waals surface area contributed by atoms with Crippen LogP contribution >= 0.6 is 0 Å². The first-order valence-corrected chi connectivity index (χ1v) is 8.62. The summed E-state index contributed by atoms with van der Waals surface area (Å²) in [7, 11) is 0. The molecule has 2 aromatic rings. The molecule has 1 saturated carbocycles. The zero-order valence-corrected chi connectivity index (χ0v) is 17.5. The molecule has 1 aliphatic carbocycles. The second-order valence-electron chi connectivity index (χ2n) is 6.67. The number of hydrogen-bond acceptors (Lipinski definition) is 6. The Labute approximate surface area is 181 Å². The van der Waals surface area contributed by atoms with Crippen LogP contribution in [0.15, 0.2) is 48.5 Å².